The van der Waals surface area contributed by atoms with Crippen molar-refractivity contribution in [2.45, 2.75) is 89.5 Å². The lowest BCUT2D eigenvalue weighted by Gasteiger charge is -2.29. The molecule has 0 radical (unpaired) electrons. The molecule has 38 heavy (non-hydrogen) atoms. The maximum Gasteiger partial charge on any atom is 0.305 e. The zero-order chi connectivity index (χ0) is 29.0. The van der Waals surface area contributed by atoms with Gasteiger partial charge in [0.15, 0.2) is 0 Å². The highest BCUT2D eigenvalue weighted by Gasteiger charge is 2.39. The Morgan fingerprint density at radius 2 is 1.50 bits per heavy atom. The second-order valence-corrected chi connectivity index (χ2v) is 9.25. The van der Waals surface area contributed by atoms with E-state index in [4.69, 9.17) is 11.5 Å². The molecule has 0 aliphatic carbocycles. The lowest BCUT2D eigenvalue weighted by Crippen LogP contribution is -2.58. The zero-order valence-electron chi connectivity index (χ0n) is 22.0. The fourth-order valence-electron chi connectivity index (χ4n) is 4.00. The van der Waals surface area contributed by atoms with Crippen molar-refractivity contribution in [1.82, 2.24) is 26.2 Å². The molecule has 0 aromatic heterocycles. The lowest BCUT2D eigenvalue weighted by atomic mass is 10.1. The van der Waals surface area contributed by atoms with Crippen LogP contribution in [0, 0.1) is 0 Å². The molecule has 6 amide bonds. The van der Waals surface area contributed by atoms with E-state index in [1.165, 1.54) is 20.8 Å². The van der Waals surface area contributed by atoms with Crippen LogP contribution >= 0.6 is 0 Å². The van der Waals surface area contributed by atoms with Gasteiger partial charge in [-0.25, -0.2) is 0 Å². The Morgan fingerprint density at radius 1 is 0.921 bits per heavy atom. The molecule has 15 heteroatoms. The van der Waals surface area contributed by atoms with E-state index in [-0.39, 0.29) is 13.0 Å². The molecule has 1 rings (SSSR count). The number of unbranched alkanes of at least 4 members (excludes halogenated alkanes) is 1. The molecule has 1 fully saturated rings. The number of amides is 6. The molecule has 0 aromatic carbocycles. The van der Waals surface area contributed by atoms with Gasteiger partial charge in [0.1, 0.15) is 30.2 Å². The second kappa shape index (κ2) is 15.5. The van der Waals surface area contributed by atoms with Crippen LogP contribution in [0.5, 0.6) is 0 Å². The number of hydrogen-bond acceptors (Lipinski definition) is 8. The van der Waals surface area contributed by atoms with E-state index in [1.807, 2.05) is 0 Å². The first-order chi connectivity index (χ1) is 17.8. The highest BCUT2D eigenvalue weighted by atomic mass is 16.4. The monoisotopic (exact) mass is 541 g/mol. The molecule has 0 bridgehead atoms. The third-order valence-corrected chi connectivity index (χ3v) is 6.00. The number of nitrogens with one attached hydrogen (secondary N) is 4. The van der Waals surface area contributed by atoms with Crippen molar-refractivity contribution in [2.24, 2.45) is 11.5 Å². The van der Waals surface area contributed by atoms with Crippen LogP contribution in [0.15, 0.2) is 0 Å². The molecule has 0 saturated carbocycles. The number of likely N-dealkylation sites (tertiary alicyclic amines) is 1. The number of rotatable bonds is 15. The van der Waals surface area contributed by atoms with Gasteiger partial charge in [0.2, 0.25) is 35.4 Å². The van der Waals surface area contributed by atoms with Gasteiger partial charge in [0.05, 0.1) is 6.42 Å². The average Bonchev–Trinajstić information content (AvgIpc) is 3.31. The van der Waals surface area contributed by atoms with E-state index >= 15 is 0 Å². The summed E-state index contributed by atoms with van der Waals surface area (Å²) < 4.78 is 0. The summed E-state index contributed by atoms with van der Waals surface area (Å²) in [6.07, 6.45) is 1.46. The summed E-state index contributed by atoms with van der Waals surface area (Å²) in [5, 5.41) is 18.9. The van der Waals surface area contributed by atoms with Gasteiger partial charge in [-0.3, -0.25) is 33.6 Å². The predicted octanol–water partition coefficient (Wildman–Crippen LogP) is -2.93. The molecule has 214 valence electrons. The van der Waals surface area contributed by atoms with Crippen LogP contribution in [0.25, 0.3) is 0 Å². The first-order valence-electron chi connectivity index (χ1n) is 12.5. The lowest BCUT2D eigenvalue weighted by molar-refractivity contribution is -0.146. The number of nitrogens with zero attached hydrogens (tertiary/aromatic N) is 1. The van der Waals surface area contributed by atoms with Crippen LogP contribution in [0.4, 0.5) is 0 Å². The quantitative estimate of drug-likeness (QED) is 0.105. The minimum absolute atomic E-state index is 0.135. The molecule has 0 spiro atoms. The highest BCUT2D eigenvalue weighted by molar-refractivity contribution is 5.97. The van der Waals surface area contributed by atoms with E-state index in [9.17, 15) is 38.7 Å². The molecular weight excluding hydrogens is 502 g/mol. The summed E-state index contributed by atoms with van der Waals surface area (Å²) in [6, 6.07) is -5.50. The van der Waals surface area contributed by atoms with E-state index < -0.39 is 78.0 Å². The molecule has 1 heterocycles. The van der Waals surface area contributed by atoms with E-state index in [0.717, 1.165) is 4.90 Å². The Labute approximate surface area is 220 Å². The summed E-state index contributed by atoms with van der Waals surface area (Å²) in [5.41, 5.74) is 10.8. The Bertz CT molecular complexity index is 912. The zero-order valence-corrected chi connectivity index (χ0v) is 22.0. The number of carbonyl (C=O) groups excluding carboxylic acids is 6. The fourth-order valence-corrected chi connectivity index (χ4v) is 4.00. The average molecular weight is 542 g/mol. The maximum atomic E-state index is 13.2. The molecule has 1 aliphatic heterocycles. The van der Waals surface area contributed by atoms with Crippen molar-refractivity contribution in [3.8, 4) is 0 Å². The smallest absolute Gasteiger partial charge is 0.305 e. The number of carboxylic acids is 1. The molecular formula is C23H39N7O8. The van der Waals surface area contributed by atoms with E-state index in [0.29, 0.717) is 32.2 Å². The van der Waals surface area contributed by atoms with Crippen molar-refractivity contribution >= 4 is 41.4 Å². The minimum Gasteiger partial charge on any atom is -0.481 e. The molecule has 15 nitrogen and oxygen atoms in total. The van der Waals surface area contributed by atoms with Gasteiger partial charge >= 0.3 is 5.97 Å². The largest absolute Gasteiger partial charge is 0.481 e. The Balaban J connectivity index is 2.87. The first kappa shape index (κ1) is 32.3. The third kappa shape index (κ3) is 10.3. The summed E-state index contributed by atoms with van der Waals surface area (Å²) in [4.78, 5) is 86.5. The van der Waals surface area contributed by atoms with Gasteiger partial charge in [-0.15, -0.1) is 0 Å². The first-order valence-corrected chi connectivity index (χ1v) is 12.5. The van der Waals surface area contributed by atoms with Crippen molar-refractivity contribution in [1.29, 1.82) is 0 Å². The number of carboxylic acid groups (broad SMARTS) is 1. The summed E-state index contributed by atoms with van der Waals surface area (Å²) in [7, 11) is 0. The standard InChI is InChI=1S/C23H39N7O8/c1-12(26-14(3)31)20(35)29-16(11-18(32)33)23(38)30-10-6-8-17(30)22(37)27-13(2)21(36)28-15(19(25)34)7-4-5-9-24/h12-13,15-17H,4-11,24H2,1-3H3,(H2,25,34)(H,26,31)(H,27,37)(H,28,36)(H,29,35)(H,32,33)/t12-,13-,15-,16-,17-/m0/s1. The number of aliphatic carboxylic acids is 1. The highest BCUT2D eigenvalue weighted by Crippen LogP contribution is 2.20. The van der Waals surface area contributed by atoms with Crippen LogP contribution in [-0.2, 0) is 33.6 Å². The van der Waals surface area contributed by atoms with Crippen LogP contribution in [0.2, 0.25) is 0 Å². The number of nitrogens with two attached hydrogens (primary N) is 2. The fraction of sp³-hybridized carbons (Fsp3) is 0.696. The van der Waals surface area contributed by atoms with Crippen LogP contribution in [0.3, 0.4) is 0 Å². The summed E-state index contributed by atoms with van der Waals surface area (Å²) in [5.74, 6) is -5.39. The maximum absolute atomic E-state index is 13.2. The van der Waals surface area contributed by atoms with Crippen molar-refractivity contribution < 1.29 is 38.7 Å². The van der Waals surface area contributed by atoms with Gasteiger partial charge in [0.25, 0.3) is 0 Å². The van der Waals surface area contributed by atoms with Crippen molar-refractivity contribution in [2.75, 3.05) is 13.1 Å². The van der Waals surface area contributed by atoms with Crippen LogP contribution in [0.1, 0.15) is 59.3 Å². The Hall–Kier alpha value is -3.75. The molecule has 0 aromatic rings. The molecule has 9 N–H and O–H groups in total. The SMILES string of the molecule is CC(=O)N[C@@H](C)C(=O)N[C@@H](CC(=O)O)C(=O)N1CCC[C@H]1C(=O)N[C@@H](C)C(=O)N[C@@H](CCCCN)C(N)=O. The van der Waals surface area contributed by atoms with Crippen molar-refractivity contribution in [3.05, 3.63) is 0 Å². The van der Waals surface area contributed by atoms with Gasteiger partial charge in [-0.1, -0.05) is 0 Å². The number of carbonyl (C=O) groups is 7. The number of hydrogen-bond donors (Lipinski definition) is 7. The minimum atomic E-state index is -1.48. The predicted molar refractivity (Wildman–Crippen MR) is 134 cm³/mol. The van der Waals surface area contributed by atoms with Crippen molar-refractivity contribution in [3.63, 3.8) is 0 Å². The van der Waals surface area contributed by atoms with Crippen LogP contribution < -0.4 is 32.7 Å². The Kier molecular flexibility index (Phi) is 13.2. The van der Waals surface area contributed by atoms with E-state index in [1.54, 1.807) is 0 Å². The van der Waals surface area contributed by atoms with Gasteiger partial charge in [0, 0.05) is 13.5 Å². The van der Waals surface area contributed by atoms with Crippen LogP contribution in [-0.4, -0.2) is 94.7 Å². The second-order valence-electron chi connectivity index (χ2n) is 9.25. The topological polar surface area (TPSA) is 243 Å². The molecule has 0 unspecified atom stereocenters. The van der Waals surface area contributed by atoms with Gasteiger partial charge < -0.3 is 42.7 Å². The summed E-state index contributed by atoms with van der Waals surface area (Å²) >= 11 is 0. The van der Waals surface area contributed by atoms with Gasteiger partial charge in [-0.2, -0.15) is 0 Å². The Morgan fingerprint density at radius 3 is 2.03 bits per heavy atom. The summed E-state index contributed by atoms with van der Waals surface area (Å²) in [6.45, 7) is 4.54. The molecule has 5 atom stereocenters. The normalized spacial score (nSPS) is 17.9. The third-order valence-electron chi connectivity index (χ3n) is 6.00. The number of primary amides is 1. The molecule has 1 saturated heterocycles. The van der Waals surface area contributed by atoms with Gasteiger partial charge in [-0.05, 0) is 52.5 Å². The molecule has 1 aliphatic rings. The van der Waals surface area contributed by atoms with E-state index in [2.05, 4.69) is 21.3 Å².